The molecular weight excluding hydrogens is 990 g/mol. The van der Waals surface area contributed by atoms with E-state index in [1.165, 1.54) is 257 Å². The van der Waals surface area contributed by atoms with E-state index < -0.39 is 26.5 Å². The summed E-state index contributed by atoms with van der Waals surface area (Å²) >= 11 is 0. The van der Waals surface area contributed by atoms with Gasteiger partial charge in [-0.15, -0.1) is 0 Å². The molecule has 0 saturated carbocycles. The van der Waals surface area contributed by atoms with Gasteiger partial charge in [0.25, 0.3) is 7.82 Å². The lowest BCUT2D eigenvalue weighted by atomic mass is 10.0. The van der Waals surface area contributed by atoms with Crippen LogP contribution in [0, 0.1) is 0 Å². The second kappa shape index (κ2) is 59.8. The van der Waals surface area contributed by atoms with Gasteiger partial charge < -0.3 is 27.9 Å². The first-order valence-corrected chi connectivity index (χ1v) is 35.2. The van der Waals surface area contributed by atoms with Gasteiger partial charge in [0.05, 0.1) is 27.7 Å². The third kappa shape index (κ3) is 63.4. The molecule has 2 unspecified atom stereocenters. The summed E-state index contributed by atoms with van der Waals surface area (Å²) in [6, 6.07) is 0. The van der Waals surface area contributed by atoms with Gasteiger partial charge in [-0.05, 0) is 51.4 Å². The standard InChI is InChI=1S/C68H130NO8P/c1-6-8-10-12-14-16-18-20-21-22-23-24-25-26-27-28-29-30-31-32-33-34-35-36-37-38-39-40-41-42-43-44-45-46-47-49-51-53-55-57-59-61-68(71)77-66(65-76-78(72,73)75-63-62-69(3,4)5)64-74-67(70)60-58-56-54-52-50-48-19-17-15-13-11-9-7-2/h18,20,22-23,25-26,66H,6-17,19,21,24,27-65H2,1-5H3/b20-18-,23-22-,26-25-. The summed E-state index contributed by atoms with van der Waals surface area (Å²) in [6.07, 6.45) is 75.3. The minimum Gasteiger partial charge on any atom is -0.756 e. The number of unbranched alkanes of at least 4 members (excludes halogenated alkanes) is 43. The molecule has 0 spiro atoms. The number of phosphoric ester groups is 1. The van der Waals surface area contributed by atoms with Crippen LogP contribution in [-0.2, 0) is 32.7 Å². The maximum absolute atomic E-state index is 12.8. The number of ether oxygens (including phenoxy) is 2. The highest BCUT2D eigenvalue weighted by atomic mass is 31.2. The number of quaternary nitrogens is 1. The smallest absolute Gasteiger partial charge is 0.306 e. The molecule has 0 N–H and O–H groups in total. The second-order valence-electron chi connectivity index (χ2n) is 24.2. The molecule has 9 nitrogen and oxygen atoms in total. The van der Waals surface area contributed by atoms with Crippen molar-refractivity contribution in [3.05, 3.63) is 36.5 Å². The molecule has 0 aromatic carbocycles. The Morgan fingerprint density at radius 2 is 0.692 bits per heavy atom. The quantitative estimate of drug-likeness (QED) is 0.0195. The van der Waals surface area contributed by atoms with Crippen LogP contribution in [0.2, 0.25) is 0 Å². The van der Waals surface area contributed by atoms with Gasteiger partial charge in [0.1, 0.15) is 19.8 Å². The Labute approximate surface area is 484 Å². The monoisotopic (exact) mass is 1120 g/mol. The van der Waals surface area contributed by atoms with E-state index >= 15 is 0 Å². The zero-order valence-corrected chi connectivity index (χ0v) is 53.3. The van der Waals surface area contributed by atoms with Crippen LogP contribution in [0.15, 0.2) is 36.5 Å². The van der Waals surface area contributed by atoms with E-state index in [2.05, 4.69) is 50.3 Å². The van der Waals surface area contributed by atoms with E-state index in [4.69, 9.17) is 18.5 Å². The number of nitrogens with zero attached hydrogens (tertiary/aromatic N) is 1. The first-order chi connectivity index (χ1) is 38.0. The second-order valence-corrected chi connectivity index (χ2v) is 25.6. The molecule has 0 amide bonds. The summed E-state index contributed by atoms with van der Waals surface area (Å²) in [5.41, 5.74) is 0. The third-order valence-corrected chi connectivity index (χ3v) is 16.1. The third-order valence-electron chi connectivity index (χ3n) is 15.2. The van der Waals surface area contributed by atoms with E-state index in [9.17, 15) is 19.0 Å². The van der Waals surface area contributed by atoms with Gasteiger partial charge >= 0.3 is 11.9 Å². The van der Waals surface area contributed by atoms with Crippen molar-refractivity contribution in [1.29, 1.82) is 0 Å². The van der Waals surface area contributed by atoms with Crippen LogP contribution in [0.3, 0.4) is 0 Å². The molecule has 0 rings (SSSR count). The van der Waals surface area contributed by atoms with Gasteiger partial charge in [0.15, 0.2) is 6.10 Å². The summed E-state index contributed by atoms with van der Waals surface area (Å²) in [5, 5.41) is 0. The van der Waals surface area contributed by atoms with Crippen LogP contribution >= 0.6 is 7.82 Å². The number of phosphoric acid groups is 1. The van der Waals surface area contributed by atoms with Crippen LogP contribution in [0.25, 0.3) is 0 Å². The lowest BCUT2D eigenvalue weighted by Crippen LogP contribution is -2.37. The number of likely N-dealkylation sites (N-methyl/N-ethyl adjacent to an activating group) is 1. The van der Waals surface area contributed by atoms with Gasteiger partial charge in [-0.25, -0.2) is 0 Å². The average molecular weight is 1120 g/mol. The zero-order valence-electron chi connectivity index (χ0n) is 52.4. The van der Waals surface area contributed by atoms with Crippen LogP contribution < -0.4 is 4.89 Å². The number of esters is 2. The van der Waals surface area contributed by atoms with Gasteiger partial charge in [-0.1, -0.05) is 307 Å². The summed E-state index contributed by atoms with van der Waals surface area (Å²) in [7, 11) is 1.19. The van der Waals surface area contributed by atoms with Gasteiger partial charge in [-0.3, -0.25) is 14.2 Å². The fourth-order valence-corrected chi connectivity index (χ4v) is 10.7. The van der Waals surface area contributed by atoms with E-state index in [1.54, 1.807) is 0 Å². The largest absolute Gasteiger partial charge is 0.756 e. The summed E-state index contributed by atoms with van der Waals surface area (Å²) in [5.74, 6) is -0.815. The Morgan fingerprint density at radius 3 is 1.03 bits per heavy atom. The molecule has 0 aromatic heterocycles. The van der Waals surface area contributed by atoms with Crippen LogP contribution in [0.4, 0.5) is 0 Å². The Morgan fingerprint density at radius 1 is 0.397 bits per heavy atom. The lowest BCUT2D eigenvalue weighted by molar-refractivity contribution is -0.870. The molecular formula is C68H130NO8P. The van der Waals surface area contributed by atoms with E-state index in [1.807, 2.05) is 21.1 Å². The number of carbonyl (C=O) groups is 2. The van der Waals surface area contributed by atoms with Crippen molar-refractivity contribution in [2.24, 2.45) is 0 Å². The van der Waals surface area contributed by atoms with Crippen LogP contribution in [0.5, 0.6) is 0 Å². The van der Waals surface area contributed by atoms with E-state index in [0.29, 0.717) is 17.4 Å². The Balaban J connectivity index is 3.83. The molecule has 0 radical (unpaired) electrons. The number of carbonyl (C=O) groups excluding carboxylic acids is 2. The molecule has 0 aliphatic rings. The molecule has 78 heavy (non-hydrogen) atoms. The van der Waals surface area contributed by atoms with Gasteiger partial charge in [0, 0.05) is 12.8 Å². The maximum Gasteiger partial charge on any atom is 0.306 e. The number of rotatable bonds is 63. The summed E-state index contributed by atoms with van der Waals surface area (Å²) in [6.45, 7) is 4.27. The highest BCUT2D eigenvalue weighted by Gasteiger charge is 2.22. The maximum atomic E-state index is 12.8. The molecule has 0 saturated heterocycles. The predicted molar refractivity (Wildman–Crippen MR) is 333 cm³/mol. The molecule has 460 valence electrons. The normalized spacial score (nSPS) is 13.4. The van der Waals surface area contributed by atoms with Crippen LogP contribution in [0.1, 0.15) is 335 Å². The number of hydrogen-bond donors (Lipinski definition) is 0. The van der Waals surface area contributed by atoms with Gasteiger partial charge in [-0.2, -0.15) is 0 Å². The molecule has 2 atom stereocenters. The lowest BCUT2D eigenvalue weighted by Gasteiger charge is -2.28. The molecule has 0 aliphatic heterocycles. The molecule has 0 fully saturated rings. The summed E-state index contributed by atoms with van der Waals surface area (Å²) in [4.78, 5) is 37.8. The van der Waals surface area contributed by atoms with Gasteiger partial charge in [0.2, 0.25) is 0 Å². The van der Waals surface area contributed by atoms with Crippen molar-refractivity contribution in [3.8, 4) is 0 Å². The minimum atomic E-state index is -4.63. The van der Waals surface area contributed by atoms with Crippen molar-refractivity contribution in [2.45, 2.75) is 341 Å². The number of hydrogen-bond acceptors (Lipinski definition) is 8. The fourth-order valence-electron chi connectivity index (χ4n) is 9.96. The minimum absolute atomic E-state index is 0.0270. The Bertz CT molecular complexity index is 1410. The summed E-state index contributed by atoms with van der Waals surface area (Å²) < 4.78 is 34.2. The Hall–Kier alpha value is -1.77. The first-order valence-electron chi connectivity index (χ1n) is 33.7. The molecule has 10 heteroatoms. The molecule has 0 aliphatic carbocycles. The predicted octanol–water partition coefficient (Wildman–Crippen LogP) is 20.9. The molecule has 0 bridgehead atoms. The van der Waals surface area contributed by atoms with E-state index in [-0.39, 0.29) is 32.0 Å². The average Bonchev–Trinajstić information content (AvgIpc) is 3.40. The van der Waals surface area contributed by atoms with E-state index in [0.717, 1.165) is 44.9 Å². The zero-order chi connectivity index (χ0) is 57.0. The van der Waals surface area contributed by atoms with Crippen molar-refractivity contribution in [3.63, 3.8) is 0 Å². The topological polar surface area (TPSA) is 111 Å². The van der Waals surface area contributed by atoms with Crippen molar-refractivity contribution >= 4 is 19.8 Å². The first kappa shape index (κ1) is 76.2. The number of allylic oxidation sites excluding steroid dienone is 6. The Kier molecular flexibility index (Phi) is 58.5. The molecule has 0 heterocycles. The highest BCUT2D eigenvalue weighted by Crippen LogP contribution is 2.38. The highest BCUT2D eigenvalue weighted by molar-refractivity contribution is 7.45. The molecule has 0 aromatic rings. The SMILES string of the molecule is CCCCCCC/C=C\C/C=C\C/C=C\CCCCCCCCCCCCCCCCCCCCCCCCCCCCC(=O)OC(COC(=O)CCCCCCCCCCCCCCC)COP(=O)([O-])OCC[N+](C)(C)C. The van der Waals surface area contributed by atoms with Crippen molar-refractivity contribution in [1.82, 2.24) is 0 Å². The van der Waals surface area contributed by atoms with Crippen molar-refractivity contribution in [2.75, 3.05) is 47.5 Å². The van der Waals surface area contributed by atoms with Crippen molar-refractivity contribution < 1.29 is 42.1 Å². The van der Waals surface area contributed by atoms with Crippen LogP contribution in [-0.4, -0.2) is 70.0 Å². The fraction of sp³-hybridized carbons (Fsp3) is 0.882.